The number of hydrogen-bond acceptors (Lipinski definition) is 8. The Morgan fingerprint density at radius 2 is 0.839 bits per heavy atom. The van der Waals surface area contributed by atoms with E-state index in [1.54, 1.807) is 0 Å². The predicted molar refractivity (Wildman–Crippen MR) is 255 cm³/mol. The van der Waals surface area contributed by atoms with Crippen molar-refractivity contribution in [2.45, 2.75) is 38.1 Å². The molecule has 2 heterocycles. The molecule has 2 aliphatic rings. The molecule has 0 amide bonds. The maximum atomic E-state index is 6.28. The number of ether oxygens (including phenoxy) is 2. The summed E-state index contributed by atoms with van der Waals surface area (Å²) in [5.41, 5.74) is 13.5. The van der Waals surface area contributed by atoms with Gasteiger partial charge in [-0.25, -0.2) is 0 Å². The lowest BCUT2D eigenvalue weighted by Crippen LogP contribution is -2.18. The summed E-state index contributed by atoms with van der Waals surface area (Å²) in [4.78, 5) is 4.25. The maximum absolute atomic E-state index is 6.28. The zero-order chi connectivity index (χ0) is 42.4. The Bertz CT molecular complexity index is 2450. The lowest BCUT2D eigenvalue weighted by molar-refractivity contribution is 0.300. The van der Waals surface area contributed by atoms with Crippen LogP contribution in [-0.2, 0) is 13.2 Å². The van der Waals surface area contributed by atoms with Gasteiger partial charge in [-0.15, -0.1) is 0 Å². The molecule has 0 saturated heterocycles. The van der Waals surface area contributed by atoms with Crippen molar-refractivity contribution in [3.05, 3.63) is 215 Å². The van der Waals surface area contributed by atoms with Crippen molar-refractivity contribution >= 4 is 34.2 Å². The first-order chi connectivity index (χ1) is 30.3. The van der Waals surface area contributed by atoms with E-state index in [0.717, 1.165) is 69.4 Å². The summed E-state index contributed by atoms with van der Waals surface area (Å²) < 4.78 is 12.6. The first kappa shape index (κ1) is 40.1. The SMILES string of the molecule is CN(C)c1ccc(C2CC(c3ccc(OCc4cccc(COc5ccc(C6=NN(c7ccccc7)C(c7ccc(N(C)C)cc7)C6)cc5)c4)cc3)=NN2c2ccccc2)cc1. The molecule has 8 nitrogen and oxygen atoms in total. The van der Waals surface area contributed by atoms with Crippen molar-refractivity contribution in [1.29, 1.82) is 0 Å². The third-order valence-corrected chi connectivity index (χ3v) is 11.6. The molecular formula is C54H52N6O2. The highest BCUT2D eigenvalue weighted by Crippen LogP contribution is 2.39. The van der Waals surface area contributed by atoms with Gasteiger partial charge in [0.2, 0.25) is 0 Å². The number of rotatable bonds is 14. The minimum Gasteiger partial charge on any atom is -0.489 e. The van der Waals surface area contributed by atoms with Crippen LogP contribution >= 0.6 is 0 Å². The fourth-order valence-corrected chi connectivity index (χ4v) is 8.15. The van der Waals surface area contributed by atoms with E-state index in [1.807, 2.05) is 36.4 Å². The van der Waals surface area contributed by atoms with Gasteiger partial charge in [0.25, 0.3) is 0 Å². The molecule has 0 aromatic heterocycles. The molecule has 2 aliphatic heterocycles. The van der Waals surface area contributed by atoms with Crippen LogP contribution in [0, 0.1) is 0 Å². The Labute approximate surface area is 365 Å². The highest BCUT2D eigenvalue weighted by atomic mass is 16.5. The van der Waals surface area contributed by atoms with Gasteiger partial charge in [0, 0.05) is 52.4 Å². The van der Waals surface area contributed by atoms with Crippen molar-refractivity contribution in [2.75, 3.05) is 48.0 Å². The van der Waals surface area contributed by atoms with Crippen LogP contribution in [0.5, 0.6) is 11.5 Å². The molecular weight excluding hydrogens is 765 g/mol. The average molecular weight is 817 g/mol. The maximum Gasteiger partial charge on any atom is 0.119 e. The van der Waals surface area contributed by atoms with E-state index in [0.29, 0.717) is 13.2 Å². The second kappa shape index (κ2) is 18.1. The van der Waals surface area contributed by atoms with Crippen molar-refractivity contribution in [3.8, 4) is 11.5 Å². The van der Waals surface area contributed by atoms with Gasteiger partial charge < -0.3 is 19.3 Å². The van der Waals surface area contributed by atoms with E-state index < -0.39 is 0 Å². The van der Waals surface area contributed by atoms with Gasteiger partial charge >= 0.3 is 0 Å². The lowest BCUT2D eigenvalue weighted by Gasteiger charge is -2.24. The summed E-state index contributed by atoms with van der Waals surface area (Å²) in [5.74, 6) is 1.63. The van der Waals surface area contributed by atoms with Gasteiger partial charge in [-0.3, -0.25) is 10.0 Å². The van der Waals surface area contributed by atoms with Gasteiger partial charge in [0.15, 0.2) is 0 Å². The molecule has 0 bridgehead atoms. The fourth-order valence-electron chi connectivity index (χ4n) is 8.15. The van der Waals surface area contributed by atoms with Crippen molar-refractivity contribution < 1.29 is 9.47 Å². The average Bonchev–Trinajstić information content (AvgIpc) is 3.98. The number of nitrogens with zero attached hydrogens (tertiary/aromatic N) is 6. The standard InChI is InChI=1S/C54H52N6O2/c1-57(2)45-26-18-43(19-27-45)53-35-51(55-59(53)47-14-7-5-8-15-47)41-22-30-49(31-23-41)61-37-39-12-11-13-40(34-39)38-62-50-32-24-42(25-33-50)52-36-54(44-20-28-46(29-21-44)58(3)4)60(56-52)48-16-9-6-10-17-48/h5-34,53-54H,35-38H2,1-4H3. The summed E-state index contributed by atoms with van der Waals surface area (Å²) in [5, 5.41) is 14.6. The van der Waals surface area contributed by atoms with Crippen LogP contribution in [0.1, 0.15) is 58.3 Å². The Morgan fingerprint density at radius 3 is 1.21 bits per heavy atom. The third-order valence-electron chi connectivity index (χ3n) is 11.6. The van der Waals surface area contributed by atoms with Gasteiger partial charge in [-0.2, -0.15) is 10.2 Å². The number of benzene rings is 7. The summed E-state index contributed by atoms with van der Waals surface area (Å²) in [6, 6.07) is 63.7. The molecule has 0 spiro atoms. The molecule has 7 aromatic rings. The second-order valence-electron chi connectivity index (χ2n) is 16.3. The van der Waals surface area contributed by atoms with E-state index in [1.165, 1.54) is 22.5 Å². The molecule has 9 rings (SSSR count). The molecule has 0 N–H and O–H groups in total. The zero-order valence-corrected chi connectivity index (χ0v) is 35.8. The molecule has 0 aliphatic carbocycles. The number of para-hydroxylation sites is 2. The normalized spacial score (nSPS) is 15.9. The highest BCUT2D eigenvalue weighted by molar-refractivity contribution is 6.04. The van der Waals surface area contributed by atoms with Crippen LogP contribution in [-0.4, -0.2) is 39.6 Å². The van der Waals surface area contributed by atoms with Crippen molar-refractivity contribution in [2.24, 2.45) is 10.2 Å². The van der Waals surface area contributed by atoms with Crippen LogP contribution in [0.25, 0.3) is 0 Å². The summed E-state index contributed by atoms with van der Waals surface area (Å²) in [6.45, 7) is 0.914. The first-order valence-electron chi connectivity index (χ1n) is 21.3. The number of hydrogen-bond donors (Lipinski definition) is 0. The third kappa shape index (κ3) is 9.05. The largest absolute Gasteiger partial charge is 0.489 e. The molecule has 2 unspecified atom stereocenters. The first-order valence-corrected chi connectivity index (χ1v) is 21.3. The van der Waals surface area contributed by atoms with Crippen molar-refractivity contribution in [3.63, 3.8) is 0 Å². The van der Waals surface area contributed by atoms with Crippen LogP contribution in [0.2, 0.25) is 0 Å². The van der Waals surface area contributed by atoms with Crippen LogP contribution in [0.15, 0.2) is 192 Å². The summed E-state index contributed by atoms with van der Waals surface area (Å²) in [6.07, 6.45) is 1.62. The second-order valence-corrected chi connectivity index (χ2v) is 16.3. The van der Waals surface area contributed by atoms with Crippen LogP contribution < -0.4 is 29.3 Å². The lowest BCUT2D eigenvalue weighted by atomic mass is 9.98. The fraction of sp³-hybridized carbons (Fsp3) is 0.185. The molecule has 8 heteroatoms. The minimum absolute atomic E-state index is 0.111. The Balaban J connectivity index is 0.810. The minimum atomic E-state index is 0.111. The van der Waals surface area contributed by atoms with Gasteiger partial charge in [0.05, 0.1) is 34.9 Å². The van der Waals surface area contributed by atoms with Gasteiger partial charge in [-0.1, -0.05) is 78.9 Å². The molecule has 62 heavy (non-hydrogen) atoms. The smallest absolute Gasteiger partial charge is 0.119 e. The van der Waals surface area contributed by atoms with Crippen LogP contribution in [0.4, 0.5) is 22.7 Å². The zero-order valence-electron chi connectivity index (χ0n) is 35.8. The molecule has 310 valence electrons. The number of hydrazone groups is 2. The Hall–Kier alpha value is -7.32. The molecule has 0 radical (unpaired) electrons. The monoisotopic (exact) mass is 816 g/mol. The van der Waals surface area contributed by atoms with E-state index in [2.05, 4.69) is 194 Å². The number of anilines is 4. The predicted octanol–water partition coefficient (Wildman–Crippen LogP) is 11.7. The van der Waals surface area contributed by atoms with E-state index in [-0.39, 0.29) is 12.1 Å². The summed E-state index contributed by atoms with van der Waals surface area (Å²) in [7, 11) is 8.27. The quantitative estimate of drug-likeness (QED) is 0.109. The summed E-state index contributed by atoms with van der Waals surface area (Å²) >= 11 is 0. The molecule has 0 saturated carbocycles. The molecule has 7 aromatic carbocycles. The highest BCUT2D eigenvalue weighted by Gasteiger charge is 2.31. The van der Waals surface area contributed by atoms with Crippen LogP contribution in [0.3, 0.4) is 0 Å². The van der Waals surface area contributed by atoms with E-state index in [4.69, 9.17) is 19.7 Å². The Morgan fingerprint density at radius 1 is 0.452 bits per heavy atom. The topological polar surface area (TPSA) is 56.1 Å². The molecule has 0 fully saturated rings. The van der Waals surface area contributed by atoms with Crippen molar-refractivity contribution in [1.82, 2.24) is 0 Å². The van der Waals surface area contributed by atoms with Gasteiger partial charge in [0.1, 0.15) is 24.7 Å². The molecule has 2 atom stereocenters. The van der Waals surface area contributed by atoms with Gasteiger partial charge in [-0.05, 0) is 137 Å². The van der Waals surface area contributed by atoms with E-state index >= 15 is 0 Å². The Kier molecular flexibility index (Phi) is 11.7. The van der Waals surface area contributed by atoms with E-state index in [9.17, 15) is 0 Å².